The Labute approximate surface area is 196 Å². The summed E-state index contributed by atoms with van der Waals surface area (Å²) in [4.78, 5) is 11.1. The zero-order valence-corrected chi connectivity index (χ0v) is 18.6. The average Bonchev–Trinajstić information content (AvgIpc) is 3.33. The summed E-state index contributed by atoms with van der Waals surface area (Å²) in [6.45, 7) is 4.70. The van der Waals surface area contributed by atoms with Crippen LogP contribution >= 0.6 is 0 Å². The second-order valence-corrected chi connectivity index (χ2v) is 8.59. The van der Waals surface area contributed by atoms with E-state index in [0.29, 0.717) is 5.56 Å². The number of nitrogens with one attached hydrogen (secondary N) is 2. The van der Waals surface area contributed by atoms with Crippen LogP contribution in [-0.4, -0.2) is 41.0 Å². The molecule has 0 unspecified atom stereocenters. The van der Waals surface area contributed by atoms with E-state index >= 15 is 4.39 Å². The van der Waals surface area contributed by atoms with E-state index < -0.39 is 0 Å². The van der Waals surface area contributed by atoms with Gasteiger partial charge in [0, 0.05) is 61.2 Å². The number of pyridine rings is 1. The summed E-state index contributed by atoms with van der Waals surface area (Å²) in [6.07, 6.45) is 3.20. The number of oxazole rings is 1. The number of halogens is 1. The van der Waals surface area contributed by atoms with Crippen molar-refractivity contribution in [2.45, 2.75) is 6.54 Å². The minimum absolute atomic E-state index is 0.207. The van der Waals surface area contributed by atoms with Gasteiger partial charge < -0.3 is 15.1 Å². The number of hydrogen-bond acceptors (Lipinski definition) is 6. The second-order valence-electron chi connectivity index (χ2n) is 8.59. The van der Waals surface area contributed by atoms with E-state index in [2.05, 4.69) is 25.5 Å². The molecular formula is C27H24FN5O. The summed E-state index contributed by atoms with van der Waals surface area (Å²) in [6, 6.07) is 19.1. The van der Waals surface area contributed by atoms with Crippen LogP contribution < -0.4 is 10.6 Å². The molecule has 2 aromatic heterocycles. The number of piperazine rings is 1. The number of rotatable bonds is 5. The minimum Gasteiger partial charge on any atom is -0.443 e. The Balaban J connectivity index is 1.31. The van der Waals surface area contributed by atoms with E-state index in [1.807, 2.05) is 54.6 Å². The van der Waals surface area contributed by atoms with Gasteiger partial charge in [-0.15, -0.1) is 0 Å². The zero-order valence-electron chi connectivity index (χ0n) is 18.6. The smallest absolute Gasteiger partial charge is 0.181 e. The first-order chi connectivity index (χ1) is 16.7. The van der Waals surface area contributed by atoms with Crippen LogP contribution in [0.25, 0.3) is 33.1 Å². The first-order valence-corrected chi connectivity index (χ1v) is 11.4. The van der Waals surface area contributed by atoms with Gasteiger partial charge in [-0.1, -0.05) is 18.2 Å². The molecule has 0 aliphatic carbocycles. The van der Waals surface area contributed by atoms with Gasteiger partial charge in [0.15, 0.2) is 12.0 Å². The average molecular weight is 454 g/mol. The van der Waals surface area contributed by atoms with Gasteiger partial charge in [0.2, 0.25) is 0 Å². The SMILES string of the molecule is Fc1cc(CN2CCNCC2)ccc1-c1ccc2nccc(Nc3ccc4ocnc4c3)c2c1. The number of benzene rings is 3. The third-order valence-electron chi connectivity index (χ3n) is 6.31. The largest absolute Gasteiger partial charge is 0.443 e. The third kappa shape index (κ3) is 4.11. The van der Waals surface area contributed by atoms with E-state index in [1.54, 1.807) is 12.3 Å². The molecule has 6 rings (SSSR count). The van der Waals surface area contributed by atoms with Crippen molar-refractivity contribution in [3.8, 4) is 11.1 Å². The summed E-state index contributed by atoms with van der Waals surface area (Å²) < 4.78 is 20.5. The van der Waals surface area contributed by atoms with Crippen LogP contribution in [0.1, 0.15) is 5.56 Å². The van der Waals surface area contributed by atoms with Crippen molar-refractivity contribution < 1.29 is 8.81 Å². The molecule has 0 atom stereocenters. The Morgan fingerprint density at radius 3 is 2.74 bits per heavy atom. The summed E-state index contributed by atoms with van der Waals surface area (Å²) in [5, 5.41) is 7.72. The lowest BCUT2D eigenvalue weighted by atomic mass is 10.0. The molecule has 170 valence electrons. The maximum absolute atomic E-state index is 15.2. The quantitative estimate of drug-likeness (QED) is 0.375. The topological polar surface area (TPSA) is 66.2 Å². The normalized spacial score (nSPS) is 14.6. The Hall–Kier alpha value is -3.81. The fourth-order valence-electron chi connectivity index (χ4n) is 4.53. The van der Waals surface area contributed by atoms with Gasteiger partial charge in [0.25, 0.3) is 0 Å². The molecule has 2 N–H and O–H groups in total. The number of fused-ring (bicyclic) bond motifs is 2. The molecule has 0 radical (unpaired) electrons. The Morgan fingerprint density at radius 2 is 1.85 bits per heavy atom. The van der Waals surface area contributed by atoms with Gasteiger partial charge in [0.1, 0.15) is 11.3 Å². The third-order valence-corrected chi connectivity index (χ3v) is 6.31. The highest BCUT2D eigenvalue weighted by molar-refractivity contribution is 5.96. The fourth-order valence-corrected chi connectivity index (χ4v) is 4.53. The Bertz CT molecular complexity index is 1470. The van der Waals surface area contributed by atoms with E-state index in [-0.39, 0.29) is 5.82 Å². The molecule has 0 bridgehead atoms. The molecule has 3 aromatic carbocycles. The summed E-state index contributed by atoms with van der Waals surface area (Å²) in [7, 11) is 0. The lowest BCUT2D eigenvalue weighted by molar-refractivity contribution is 0.233. The summed E-state index contributed by atoms with van der Waals surface area (Å²) in [5.74, 6) is -0.207. The van der Waals surface area contributed by atoms with Crippen molar-refractivity contribution in [2.75, 3.05) is 31.5 Å². The molecule has 0 saturated carbocycles. The maximum Gasteiger partial charge on any atom is 0.181 e. The van der Waals surface area contributed by atoms with Gasteiger partial charge in [-0.2, -0.15) is 0 Å². The Kier molecular flexibility index (Phi) is 5.41. The van der Waals surface area contributed by atoms with Crippen molar-refractivity contribution >= 4 is 33.4 Å². The van der Waals surface area contributed by atoms with Crippen molar-refractivity contribution in [3.05, 3.63) is 84.6 Å². The molecular weight excluding hydrogens is 429 g/mol. The molecule has 6 nitrogen and oxygen atoms in total. The predicted molar refractivity (Wildman–Crippen MR) is 133 cm³/mol. The lowest BCUT2D eigenvalue weighted by Gasteiger charge is -2.27. The molecule has 1 fully saturated rings. The highest BCUT2D eigenvalue weighted by Crippen LogP contribution is 2.32. The fraction of sp³-hybridized carbons (Fsp3) is 0.185. The van der Waals surface area contributed by atoms with Crippen molar-refractivity contribution in [1.29, 1.82) is 0 Å². The van der Waals surface area contributed by atoms with E-state index in [0.717, 1.165) is 77.2 Å². The van der Waals surface area contributed by atoms with Gasteiger partial charge in [-0.05, 0) is 53.6 Å². The van der Waals surface area contributed by atoms with Crippen molar-refractivity contribution in [1.82, 2.24) is 20.2 Å². The first kappa shape index (κ1) is 20.8. The summed E-state index contributed by atoms with van der Waals surface area (Å²) in [5.41, 5.74) is 6.55. The number of hydrogen-bond donors (Lipinski definition) is 2. The van der Waals surface area contributed by atoms with Gasteiger partial charge in [-0.25, -0.2) is 9.37 Å². The van der Waals surface area contributed by atoms with E-state index in [4.69, 9.17) is 4.42 Å². The van der Waals surface area contributed by atoms with E-state index in [1.165, 1.54) is 6.39 Å². The molecule has 1 aliphatic heterocycles. The van der Waals surface area contributed by atoms with Crippen molar-refractivity contribution in [2.24, 2.45) is 0 Å². The van der Waals surface area contributed by atoms with Crippen LogP contribution in [0.2, 0.25) is 0 Å². The first-order valence-electron chi connectivity index (χ1n) is 11.4. The van der Waals surface area contributed by atoms with E-state index in [9.17, 15) is 0 Å². The molecule has 3 heterocycles. The Morgan fingerprint density at radius 1 is 0.941 bits per heavy atom. The van der Waals surface area contributed by atoms with Crippen LogP contribution in [0.5, 0.6) is 0 Å². The van der Waals surface area contributed by atoms with Gasteiger partial charge >= 0.3 is 0 Å². The molecule has 0 amide bonds. The molecule has 1 aliphatic rings. The summed E-state index contributed by atoms with van der Waals surface area (Å²) >= 11 is 0. The van der Waals surface area contributed by atoms with Gasteiger partial charge in [0.05, 0.1) is 5.52 Å². The lowest BCUT2D eigenvalue weighted by Crippen LogP contribution is -2.42. The standard InChI is InChI=1S/C27H24FN5O/c28-23-13-18(16-33-11-9-29-10-12-33)1-4-21(23)19-2-5-24-22(14-19)25(7-8-30-24)32-20-3-6-27-26(15-20)31-17-34-27/h1-8,13-15,17,29H,9-12,16H2,(H,30,32). The highest BCUT2D eigenvalue weighted by Gasteiger charge is 2.13. The van der Waals surface area contributed by atoms with Gasteiger partial charge in [-0.3, -0.25) is 9.88 Å². The maximum atomic E-state index is 15.2. The monoisotopic (exact) mass is 453 g/mol. The number of anilines is 2. The molecule has 1 saturated heterocycles. The number of aromatic nitrogens is 2. The molecule has 5 aromatic rings. The van der Waals surface area contributed by atoms with Crippen LogP contribution in [0.4, 0.5) is 15.8 Å². The van der Waals surface area contributed by atoms with Crippen LogP contribution in [0.15, 0.2) is 77.7 Å². The molecule has 0 spiro atoms. The highest BCUT2D eigenvalue weighted by atomic mass is 19.1. The van der Waals surface area contributed by atoms with Crippen LogP contribution in [-0.2, 0) is 6.54 Å². The van der Waals surface area contributed by atoms with Crippen LogP contribution in [0.3, 0.4) is 0 Å². The van der Waals surface area contributed by atoms with Crippen LogP contribution in [0, 0.1) is 5.82 Å². The number of nitrogens with zero attached hydrogens (tertiary/aromatic N) is 3. The second kappa shape index (κ2) is 8.85. The van der Waals surface area contributed by atoms with Crippen molar-refractivity contribution in [3.63, 3.8) is 0 Å². The molecule has 7 heteroatoms. The minimum atomic E-state index is -0.207. The molecule has 34 heavy (non-hydrogen) atoms. The predicted octanol–water partition coefficient (Wildman–Crippen LogP) is 5.33. The zero-order chi connectivity index (χ0) is 22.9.